The van der Waals surface area contributed by atoms with Crippen LogP contribution in [0.25, 0.3) is 0 Å². The maximum atomic E-state index is 11.8. The first-order chi connectivity index (χ1) is 7.09. The Morgan fingerprint density at radius 2 is 1.94 bits per heavy atom. The number of nitrogens with zero attached hydrogens (tertiary/aromatic N) is 1. The molecule has 1 saturated heterocycles. The van der Waals surface area contributed by atoms with Crippen molar-refractivity contribution in [2.24, 2.45) is 0 Å². The molecule has 0 radical (unpaired) electrons. The van der Waals surface area contributed by atoms with Crippen LogP contribution < -0.4 is 5.32 Å². The van der Waals surface area contributed by atoms with Gasteiger partial charge in [0.25, 0.3) is 0 Å². The third kappa shape index (κ3) is 3.66. The maximum Gasteiger partial charge on any atom is 0.317 e. The van der Waals surface area contributed by atoms with E-state index in [0.29, 0.717) is 19.5 Å². The first kappa shape index (κ1) is 13.3. The molecule has 1 heterocycles. The molecule has 0 aliphatic carbocycles. The fourth-order valence-corrected chi connectivity index (χ4v) is 2.65. The summed E-state index contributed by atoms with van der Waals surface area (Å²) >= 11 is 0. The van der Waals surface area contributed by atoms with Crippen LogP contribution >= 0.6 is 0 Å². The van der Waals surface area contributed by atoms with E-state index >= 15 is 0 Å². The highest BCUT2D eigenvalue weighted by atomic mass is 32.2. The summed E-state index contributed by atoms with van der Waals surface area (Å²) in [4.78, 5) is 13.3. The molecule has 1 rings (SSSR count). The van der Waals surface area contributed by atoms with Crippen LogP contribution in [-0.2, 0) is 9.84 Å². The van der Waals surface area contributed by atoms with E-state index in [4.69, 9.17) is 0 Å². The summed E-state index contributed by atoms with van der Waals surface area (Å²) in [6.45, 7) is 6.51. The second kappa shape index (κ2) is 4.24. The van der Waals surface area contributed by atoms with Gasteiger partial charge in [-0.25, -0.2) is 13.2 Å². The second-order valence-electron chi connectivity index (χ2n) is 5.37. The van der Waals surface area contributed by atoms with Crippen LogP contribution in [0.1, 0.15) is 27.2 Å². The fraction of sp³-hybridized carbons (Fsp3) is 0.900. The molecule has 0 saturated carbocycles. The molecule has 0 unspecified atom stereocenters. The van der Waals surface area contributed by atoms with Gasteiger partial charge in [0.1, 0.15) is 0 Å². The number of urea groups is 1. The lowest BCUT2D eigenvalue weighted by molar-refractivity contribution is 0.199. The molecule has 0 aromatic rings. The molecule has 1 N–H and O–H groups in total. The van der Waals surface area contributed by atoms with E-state index in [2.05, 4.69) is 5.32 Å². The molecule has 2 amide bonds. The fourth-order valence-electron chi connectivity index (χ4n) is 1.66. The quantitative estimate of drug-likeness (QED) is 0.739. The Balaban J connectivity index is 2.57. The molecule has 0 bridgehead atoms. The summed E-state index contributed by atoms with van der Waals surface area (Å²) in [7, 11) is -3.03. The van der Waals surface area contributed by atoms with E-state index in [0.717, 1.165) is 0 Å². The zero-order valence-electron chi connectivity index (χ0n) is 10.3. The highest BCUT2D eigenvalue weighted by Crippen LogP contribution is 2.16. The van der Waals surface area contributed by atoms with Gasteiger partial charge in [-0.3, -0.25) is 0 Å². The van der Waals surface area contributed by atoms with Gasteiger partial charge in [-0.1, -0.05) is 0 Å². The van der Waals surface area contributed by atoms with E-state index < -0.39 is 15.1 Å². The molecule has 1 fully saturated rings. The molecule has 1 aliphatic heterocycles. The Morgan fingerprint density at radius 3 is 2.31 bits per heavy atom. The van der Waals surface area contributed by atoms with Crippen LogP contribution in [0.4, 0.5) is 4.79 Å². The first-order valence-corrected chi connectivity index (χ1v) is 7.31. The molecular weight excluding hydrogens is 228 g/mol. The van der Waals surface area contributed by atoms with Gasteiger partial charge >= 0.3 is 6.03 Å². The predicted octanol–water partition coefficient (Wildman–Crippen LogP) is 0.613. The average molecular weight is 248 g/mol. The predicted molar refractivity (Wildman–Crippen MR) is 63.1 cm³/mol. The van der Waals surface area contributed by atoms with Gasteiger partial charge in [0.15, 0.2) is 9.84 Å². The number of nitrogens with one attached hydrogen (secondary N) is 1. The third-order valence-electron chi connectivity index (χ3n) is 2.52. The number of amides is 2. The molecule has 6 heteroatoms. The van der Waals surface area contributed by atoms with Crippen molar-refractivity contribution in [3.63, 3.8) is 0 Å². The first-order valence-electron chi connectivity index (χ1n) is 5.35. The summed E-state index contributed by atoms with van der Waals surface area (Å²) < 4.78 is 22.7. The number of sulfone groups is 1. The Labute approximate surface area is 97.1 Å². The number of carbonyl (C=O) groups is 1. The van der Waals surface area contributed by atoms with E-state index in [1.807, 2.05) is 20.8 Å². The van der Waals surface area contributed by atoms with Gasteiger partial charge in [-0.2, -0.15) is 0 Å². The van der Waals surface area contributed by atoms with Crippen LogP contribution in [-0.4, -0.2) is 49.5 Å². The van der Waals surface area contributed by atoms with Crippen molar-refractivity contribution in [3.8, 4) is 0 Å². The summed E-state index contributed by atoms with van der Waals surface area (Å²) in [5, 5.41) is 2.42. The number of rotatable bonds is 1. The van der Waals surface area contributed by atoms with Gasteiger partial charge < -0.3 is 10.2 Å². The van der Waals surface area contributed by atoms with Crippen LogP contribution in [0.2, 0.25) is 0 Å². The lowest BCUT2D eigenvalue weighted by Crippen LogP contribution is -2.48. The van der Waals surface area contributed by atoms with Crippen molar-refractivity contribution < 1.29 is 13.2 Å². The van der Waals surface area contributed by atoms with E-state index in [-0.39, 0.29) is 11.6 Å². The zero-order valence-corrected chi connectivity index (χ0v) is 11.1. The number of hydrogen-bond donors (Lipinski definition) is 1. The van der Waals surface area contributed by atoms with E-state index in [1.54, 1.807) is 4.90 Å². The zero-order chi connectivity index (χ0) is 12.6. The van der Waals surface area contributed by atoms with Crippen LogP contribution in [0.5, 0.6) is 0 Å². The van der Waals surface area contributed by atoms with Crippen LogP contribution in [0, 0.1) is 0 Å². The molecule has 16 heavy (non-hydrogen) atoms. The minimum Gasteiger partial charge on any atom is -0.333 e. The van der Waals surface area contributed by atoms with E-state index in [1.165, 1.54) is 6.26 Å². The summed E-state index contributed by atoms with van der Waals surface area (Å²) in [5.74, 6) is 0. The molecule has 0 aromatic carbocycles. The minimum atomic E-state index is -3.03. The summed E-state index contributed by atoms with van der Waals surface area (Å²) in [5.41, 5.74) is -0.291. The Hall–Kier alpha value is -0.780. The number of likely N-dealkylation sites (tertiary alicyclic amines) is 1. The van der Waals surface area contributed by atoms with Crippen molar-refractivity contribution in [1.29, 1.82) is 0 Å². The molecule has 0 spiro atoms. The molecule has 94 valence electrons. The normalized spacial score (nSPS) is 22.2. The van der Waals surface area contributed by atoms with Crippen molar-refractivity contribution in [2.75, 3.05) is 19.3 Å². The highest BCUT2D eigenvalue weighted by Gasteiger charge is 2.33. The van der Waals surface area contributed by atoms with Gasteiger partial charge in [0.05, 0.1) is 5.25 Å². The molecule has 0 aromatic heterocycles. The standard InChI is InChI=1S/C10H20N2O3S/c1-10(2,3)11-9(13)12-6-5-8(7-12)16(4,14)15/h8H,5-7H2,1-4H3,(H,11,13)/t8-/m1/s1. The van der Waals surface area contributed by atoms with Crippen molar-refractivity contribution >= 4 is 15.9 Å². The highest BCUT2D eigenvalue weighted by molar-refractivity contribution is 7.91. The SMILES string of the molecule is CC(C)(C)NC(=O)N1CC[C@@H](S(C)(=O)=O)C1. The topological polar surface area (TPSA) is 66.5 Å². The lowest BCUT2D eigenvalue weighted by Gasteiger charge is -2.25. The smallest absolute Gasteiger partial charge is 0.317 e. The van der Waals surface area contributed by atoms with Crippen LogP contribution in [0.15, 0.2) is 0 Å². The Kier molecular flexibility index (Phi) is 3.52. The molecule has 1 atom stereocenters. The maximum absolute atomic E-state index is 11.8. The van der Waals surface area contributed by atoms with Gasteiger partial charge in [-0.05, 0) is 27.2 Å². The third-order valence-corrected chi connectivity index (χ3v) is 4.12. The molecule has 1 aliphatic rings. The largest absolute Gasteiger partial charge is 0.333 e. The number of carbonyl (C=O) groups excluding carboxylic acids is 1. The van der Waals surface area contributed by atoms with Crippen molar-refractivity contribution in [2.45, 2.75) is 38.0 Å². The van der Waals surface area contributed by atoms with Crippen molar-refractivity contribution in [1.82, 2.24) is 10.2 Å². The average Bonchev–Trinajstić information content (AvgIpc) is 2.46. The van der Waals surface area contributed by atoms with Crippen LogP contribution in [0.3, 0.4) is 0 Å². The monoisotopic (exact) mass is 248 g/mol. The summed E-state index contributed by atoms with van der Waals surface area (Å²) in [6, 6.07) is -0.182. The van der Waals surface area contributed by atoms with Gasteiger partial charge in [0.2, 0.25) is 0 Å². The van der Waals surface area contributed by atoms with Gasteiger partial charge in [0, 0.05) is 24.9 Å². The Bertz CT molecular complexity index is 370. The number of hydrogen-bond acceptors (Lipinski definition) is 3. The Morgan fingerprint density at radius 1 is 1.38 bits per heavy atom. The second-order valence-corrected chi connectivity index (χ2v) is 7.69. The lowest BCUT2D eigenvalue weighted by atomic mass is 10.1. The van der Waals surface area contributed by atoms with Gasteiger partial charge in [-0.15, -0.1) is 0 Å². The minimum absolute atomic E-state index is 0.182. The summed E-state index contributed by atoms with van der Waals surface area (Å²) in [6.07, 6.45) is 1.76. The molecular formula is C10H20N2O3S. The molecule has 5 nitrogen and oxygen atoms in total. The van der Waals surface area contributed by atoms with E-state index in [9.17, 15) is 13.2 Å². The van der Waals surface area contributed by atoms with Crippen molar-refractivity contribution in [3.05, 3.63) is 0 Å².